The van der Waals surface area contributed by atoms with Crippen LogP contribution in [-0.2, 0) is 11.8 Å². The number of aryl methyl sites for hydroxylation is 2. The molecule has 1 aliphatic rings. The topological polar surface area (TPSA) is 76.2 Å². The third-order valence-electron chi connectivity index (χ3n) is 5.80. The number of likely N-dealkylation sites (tertiary alicyclic amines) is 1. The molecule has 1 aliphatic heterocycles. The van der Waals surface area contributed by atoms with Gasteiger partial charge in [0.05, 0.1) is 23.1 Å². The molecule has 1 saturated heterocycles. The van der Waals surface area contributed by atoms with Crippen LogP contribution in [0.1, 0.15) is 43.0 Å². The molecule has 0 radical (unpaired) electrons. The number of para-hydroxylation sites is 2. The summed E-state index contributed by atoms with van der Waals surface area (Å²) < 4.78 is 7.77. The fraction of sp³-hybridized carbons (Fsp3) is 0.476. The maximum Gasteiger partial charge on any atom is 0.241 e. The number of hydrogen-bond acceptors (Lipinski definition) is 5. The Kier molecular flexibility index (Phi) is 4.93. The van der Waals surface area contributed by atoms with Crippen molar-refractivity contribution in [1.82, 2.24) is 19.7 Å². The fourth-order valence-corrected chi connectivity index (χ4v) is 3.97. The summed E-state index contributed by atoms with van der Waals surface area (Å²) in [6.45, 7) is 7.51. The predicted octanol–water partition coefficient (Wildman–Crippen LogP) is 3.38. The SMILES string of the molecule is Cc1nn(C)c(C)c1NC(=O)[C@@H](C)N1CCC[C@@H](c2nc3ccccc3o2)C1. The average molecular weight is 381 g/mol. The zero-order valence-electron chi connectivity index (χ0n) is 16.9. The molecule has 1 aromatic carbocycles. The van der Waals surface area contributed by atoms with Gasteiger partial charge in [0.25, 0.3) is 0 Å². The van der Waals surface area contributed by atoms with E-state index in [0.717, 1.165) is 60.0 Å². The summed E-state index contributed by atoms with van der Waals surface area (Å²) in [4.78, 5) is 19.8. The average Bonchev–Trinajstić information content (AvgIpc) is 3.24. The van der Waals surface area contributed by atoms with Gasteiger partial charge in [-0.1, -0.05) is 12.1 Å². The van der Waals surface area contributed by atoms with Crippen LogP contribution < -0.4 is 5.32 Å². The van der Waals surface area contributed by atoms with Crippen LogP contribution in [0.3, 0.4) is 0 Å². The number of carbonyl (C=O) groups excluding carboxylic acids is 1. The Bertz CT molecular complexity index is 973. The van der Waals surface area contributed by atoms with Gasteiger partial charge in [0.15, 0.2) is 11.5 Å². The third kappa shape index (κ3) is 3.42. The summed E-state index contributed by atoms with van der Waals surface area (Å²) in [7, 11) is 1.89. The second kappa shape index (κ2) is 7.39. The number of aromatic nitrogens is 3. The van der Waals surface area contributed by atoms with Gasteiger partial charge in [-0.25, -0.2) is 4.98 Å². The highest BCUT2D eigenvalue weighted by atomic mass is 16.3. The van der Waals surface area contributed by atoms with Crippen molar-refractivity contribution in [3.63, 3.8) is 0 Å². The Hall–Kier alpha value is -2.67. The molecule has 0 unspecified atom stereocenters. The number of rotatable bonds is 4. The lowest BCUT2D eigenvalue weighted by molar-refractivity contribution is -0.121. The molecule has 148 valence electrons. The van der Waals surface area contributed by atoms with Crippen LogP contribution >= 0.6 is 0 Å². The molecule has 28 heavy (non-hydrogen) atoms. The van der Waals surface area contributed by atoms with E-state index in [2.05, 4.69) is 20.3 Å². The Morgan fingerprint density at radius 2 is 2.11 bits per heavy atom. The van der Waals surface area contributed by atoms with Gasteiger partial charge in [-0.2, -0.15) is 5.10 Å². The lowest BCUT2D eigenvalue weighted by Gasteiger charge is -2.34. The van der Waals surface area contributed by atoms with Crippen molar-refractivity contribution in [3.8, 4) is 0 Å². The molecule has 2 aromatic heterocycles. The van der Waals surface area contributed by atoms with Gasteiger partial charge in [0.2, 0.25) is 5.91 Å². The molecule has 0 spiro atoms. The second-order valence-electron chi connectivity index (χ2n) is 7.69. The van der Waals surface area contributed by atoms with E-state index in [4.69, 9.17) is 4.42 Å². The van der Waals surface area contributed by atoms with Crippen molar-refractivity contribution < 1.29 is 9.21 Å². The van der Waals surface area contributed by atoms with Crippen LogP contribution in [0.5, 0.6) is 0 Å². The first-order chi connectivity index (χ1) is 13.4. The van der Waals surface area contributed by atoms with E-state index < -0.39 is 0 Å². The third-order valence-corrected chi connectivity index (χ3v) is 5.80. The van der Waals surface area contributed by atoms with Crippen molar-refractivity contribution in [3.05, 3.63) is 41.5 Å². The number of carbonyl (C=O) groups is 1. The van der Waals surface area contributed by atoms with E-state index >= 15 is 0 Å². The normalized spacial score (nSPS) is 19.1. The molecule has 2 atom stereocenters. The maximum atomic E-state index is 12.9. The lowest BCUT2D eigenvalue weighted by atomic mass is 9.96. The standard InChI is InChI=1S/C21H27N5O2/c1-13-19(14(2)25(4)24-13)23-20(27)15(3)26-11-7-8-16(12-26)21-22-17-9-5-6-10-18(17)28-21/h5-6,9-10,15-16H,7-8,11-12H2,1-4H3,(H,23,27)/t15-,16-/m1/s1. The number of piperidine rings is 1. The van der Waals surface area contributed by atoms with Crippen molar-refractivity contribution in [1.29, 1.82) is 0 Å². The number of nitrogens with one attached hydrogen (secondary N) is 1. The molecule has 3 heterocycles. The summed E-state index contributed by atoms with van der Waals surface area (Å²) in [6.07, 6.45) is 2.05. The van der Waals surface area contributed by atoms with Crippen LogP contribution in [0.4, 0.5) is 5.69 Å². The molecule has 7 heteroatoms. The number of hydrogen-bond donors (Lipinski definition) is 1. The van der Waals surface area contributed by atoms with E-state index in [0.29, 0.717) is 0 Å². The summed E-state index contributed by atoms with van der Waals surface area (Å²) in [5.74, 6) is 0.980. The molecular weight excluding hydrogens is 354 g/mol. The molecule has 4 rings (SSSR count). The Morgan fingerprint density at radius 1 is 1.32 bits per heavy atom. The van der Waals surface area contributed by atoms with Gasteiger partial charge >= 0.3 is 0 Å². The molecular formula is C21H27N5O2. The maximum absolute atomic E-state index is 12.9. The Balaban J connectivity index is 1.46. The molecule has 7 nitrogen and oxygen atoms in total. The summed E-state index contributed by atoms with van der Waals surface area (Å²) >= 11 is 0. The molecule has 1 N–H and O–H groups in total. The first kappa shape index (κ1) is 18.7. The first-order valence-corrected chi connectivity index (χ1v) is 9.84. The van der Waals surface area contributed by atoms with E-state index in [1.807, 2.05) is 52.1 Å². The van der Waals surface area contributed by atoms with Crippen molar-refractivity contribution in [2.45, 2.75) is 45.6 Å². The summed E-state index contributed by atoms with van der Waals surface area (Å²) in [6, 6.07) is 7.61. The number of benzene rings is 1. The van der Waals surface area contributed by atoms with E-state index in [9.17, 15) is 4.79 Å². The minimum atomic E-state index is -0.230. The minimum Gasteiger partial charge on any atom is -0.440 e. The summed E-state index contributed by atoms with van der Waals surface area (Å²) in [5, 5.41) is 7.45. The highest BCUT2D eigenvalue weighted by molar-refractivity contribution is 5.95. The van der Waals surface area contributed by atoms with Gasteiger partial charge in [0.1, 0.15) is 5.52 Å². The largest absolute Gasteiger partial charge is 0.440 e. The van der Waals surface area contributed by atoms with E-state index in [1.54, 1.807) is 4.68 Å². The van der Waals surface area contributed by atoms with Gasteiger partial charge in [-0.15, -0.1) is 0 Å². The zero-order chi connectivity index (χ0) is 19.8. The van der Waals surface area contributed by atoms with Crippen LogP contribution in [0.25, 0.3) is 11.1 Å². The Morgan fingerprint density at radius 3 is 2.82 bits per heavy atom. The van der Waals surface area contributed by atoms with Crippen molar-refractivity contribution in [2.24, 2.45) is 7.05 Å². The molecule has 0 aliphatic carbocycles. The second-order valence-corrected chi connectivity index (χ2v) is 7.69. The number of anilines is 1. The number of amides is 1. The van der Waals surface area contributed by atoms with Crippen LogP contribution in [0.15, 0.2) is 28.7 Å². The minimum absolute atomic E-state index is 0.00239. The van der Waals surface area contributed by atoms with E-state index in [-0.39, 0.29) is 17.9 Å². The quantitative estimate of drug-likeness (QED) is 0.750. The highest BCUT2D eigenvalue weighted by Gasteiger charge is 2.31. The Labute approximate surface area is 164 Å². The summed E-state index contributed by atoms with van der Waals surface area (Å²) in [5.41, 5.74) is 4.32. The zero-order valence-corrected chi connectivity index (χ0v) is 16.9. The van der Waals surface area contributed by atoms with E-state index in [1.165, 1.54) is 0 Å². The molecule has 0 saturated carbocycles. The van der Waals surface area contributed by atoms with Crippen LogP contribution in [-0.4, -0.2) is 44.7 Å². The monoisotopic (exact) mass is 381 g/mol. The van der Waals surface area contributed by atoms with Crippen LogP contribution in [0.2, 0.25) is 0 Å². The molecule has 0 bridgehead atoms. The van der Waals surface area contributed by atoms with Crippen molar-refractivity contribution in [2.75, 3.05) is 18.4 Å². The van der Waals surface area contributed by atoms with Crippen molar-refractivity contribution >= 4 is 22.7 Å². The van der Waals surface area contributed by atoms with Gasteiger partial charge in [-0.05, 0) is 52.3 Å². The van der Waals surface area contributed by atoms with Gasteiger partial charge < -0.3 is 9.73 Å². The molecule has 1 fully saturated rings. The van der Waals surface area contributed by atoms with Crippen LogP contribution in [0, 0.1) is 13.8 Å². The number of oxazole rings is 1. The number of fused-ring (bicyclic) bond motifs is 1. The first-order valence-electron chi connectivity index (χ1n) is 9.84. The predicted molar refractivity (Wildman–Crippen MR) is 108 cm³/mol. The fourth-order valence-electron chi connectivity index (χ4n) is 3.97. The molecule has 1 amide bonds. The molecule has 3 aromatic rings. The van der Waals surface area contributed by atoms with Gasteiger partial charge in [0, 0.05) is 19.5 Å². The number of nitrogens with zero attached hydrogens (tertiary/aromatic N) is 4. The highest BCUT2D eigenvalue weighted by Crippen LogP contribution is 2.30. The smallest absolute Gasteiger partial charge is 0.241 e. The van der Waals surface area contributed by atoms with Gasteiger partial charge in [-0.3, -0.25) is 14.4 Å². The lowest BCUT2D eigenvalue weighted by Crippen LogP contribution is -2.46.